The highest BCUT2D eigenvalue weighted by Crippen LogP contribution is 2.39. The summed E-state index contributed by atoms with van der Waals surface area (Å²) in [6.07, 6.45) is 0. The fourth-order valence-electron chi connectivity index (χ4n) is 5.72. The highest BCUT2D eigenvalue weighted by atomic mass is 32.2. The second-order valence-electron chi connectivity index (χ2n) is 12.2. The normalized spacial score (nSPS) is 12.1. The number of rotatable bonds is 21. The number of aromatic nitrogens is 3. The predicted octanol–water partition coefficient (Wildman–Crippen LogP) is 7.29. The van der Waals surface area contributed by atoms with Gasteiger partial charge in [0, 0.05) is 50.6 Å². The summed E-state index contributed by atoms with van der Waals surface area (Å²) in [7, 11) is -9.11. The molecule has 6 N–H and O–H groups in total. The standard InChI is InChI=1S/C35H44N12O8S4/c1-5-45(6-2)23-9-11-25(41-43-31-29(13-19-56-31)58(50,51)52)27(21-23)36-33-38-34(40-35(39-33)47(15-17-48)16-18-49)37-28-22-24(46(7-3)8-4)10-12-26(28)42-44-32-30(14-20-57-32)59(53,54)55/h9-14,19-22,48-49H,5-8,15-18H2,1-4H3,(H,50,51,52)(H,53,54,55)(H2,36,37,38,39,40)/b43-41+,44-42+. The second-order valence-corrected chi connectivity index (χ2v) is 16.8. The first-order chi connectivity index (χ1) is 28.2. The molecule has 316 valence electrons. The smallest absolute Gasteiger partial charge is 0.297 e. The third-order valence-corrected chi connectivity index (χ3v) is 12.3. The molecule has 0 aliphatic rings. The SMILES string of the molecule is CCN(CC)c1ccc(/N=N/c2sccc2S(=O)(=O)O)c(Nc2nc(Nc3cc(N(CC)CC)ccc3/N=N/c3sccc3S(=O)(=O)O)nc(N(CCO)CCO)n2)c1. The highest BCUT2D eigenvalue weighted by Gasteiger charge is 2.20. The van der Waals surface area contributed by atoms with E-state index in [1.54, 1.807) is 29.2 Å². The van der Waals surface area contributed by atoms with Crippen LogP contribution in [0.4, 0.5) is 62.0 Å². The molecule has 3 aromatic heterocycles. The molecule has 0 unspecified atom stereocenters. The molecule has 0 aliphatic carbocycles. The zero-order valence-electron chi connectivity index (χ0n) is 32.5. The van der Waals surface area contributed by atoms with Gasteiger partial charge >= 0.3 is 0 Å². The van der Waals surface area contributed by atoms with E-state index < -0.39 is 20.2 Å². The maximum Gasteiger partial charge on any atom is 0.297 e. The molecule has 0 aliphatic heterocycles. The van der Waals surface area contributed by atoms with Crippen molar-refractivity contribution in [2.24, 2.45) is 20.5 Å². The maximum atomic E-state index is 11.9. The van der Waals surface area contributed by atoms with Crippen molar-refractivity contribution in [1.82, 2.24) is 15.0 Å². The minimum Gasteiger partial charge on any atom is -0.395 e. The van der Waals surface area contributed by atoms with Crippen LogP contribution in [-0.2, 0) is 20.2 Å². The number of azo groups is 2. The van der Waals surface area contributed by atoms with Gasteiger partial charge in [-0.3, -0.25) is 9.11 Å². The van der Waals surface area contributed by atoms with E-state index in [-0.39, 0.29) is 75.3 Å². The van der Waals surface area contributed by atoms with E-state index in [9.17, 15) is 36.2 Å². The van der Waals surface area contributed by atoms with Crippen LogP contribution in [-0.4, -0.2) is 104 Å². The molecular weight excluding hydrogens is 845 g/mol. The number of hydrogen-bond donors (Lipinski definition) is 6. The monoisotopic (exact) mass is 888 g/mol. The number of hydrogen-bond acceptors (Lipinski definition) is 20. The molecule has 0 saturated heterocycles. The summed E-state index contributed by atoms with van der Waals surface area (Å²) in [6.45, 7) is 10.3. The molecule has 3 heterocycles. The van der Waals surface area contributed by atoms with Crippen LogP contribution in [0.3, 0.4) is 0 Å². The van der Waals surface area contributed by atoms with Crippen molar-refractivity contribution in [3.63, 3.8) is 0 Å². The topological polar surface area (TPSA) is 271 Å². The fourth-order valence-corrected chi connectivity index (χ4v) is 9.03. The number of aliphatic hydroxyl groups excluding tert-OH is 2. The Balaban J connectivity index is 1.64. The number of anilines is 7. The van der Waals surface area contributed by atoms with Crippen LogP contribution in [0, 0.1) is 0 Å². The van der Waals surface area contributed by atoms with E-state index in [0.717, 1.165) is 34.0 Å². The molecule has 20 nitrogen and oxygen atoms in total. The van der Waals surface area contributed by atoms with E-state index in [4.69, 9.17) is 0 Å². The zero-order chi connectivity index (χ0) is 42.7. The summed E-state index contributed by atoms with van der Waals surface area (Å²) < 4.78 is 67.1. The molecule has 24 heteroatoms. The fraction of sp³-hybridized carbons (Fsp3) is 0.343. The first-order valence-electron chi connectivity index (χ1n) is 18.2. The van der Waals surface area contributed by atoms with E-state index in [2.05, 4.69) is 55.8 Å². The Morgan fingerprint density at radius 2 is 1.00 bits per heavy atom. The molecule has 0 spiro atoms. The van der Waals surface area contributed by atoms with E-state index in [0.29, 0.717) is 37.6 Å². The van der Waals surface area contributed by atoms with Crippen molar-refractivity contribution >= 4 is 105 Å². The summed E-state index contributed by atoms with van der Waals surface area (Å²) in [5, 5.41) is 46.0. The second kappa shape index (κ2) is 20.2. The Bertz CT molecular complexity index is 2320. The number of thiophene rings is 2. The minimum absolute atomic E-state index is 0.000675. The first kappa shape index (κ1) is 44.9. The Kier molecular flexibility index (Phi) is 15.3. The molecule has 0 amide bonds. The van der Waals surface area contributed by atoms with Crippen LogP contribution in [0.25, 0.3) is 0 Å². The lowest BCUT2D eigenvalue weighted by atomic mass is 10.2. The van der Waals surface area contributed by atoms with Crippen LogP contribution in [0.15, 0.2) is 89.5 Å². The Hall–Kier alpha value is -5.21. The summed E-state index contributed by atoms with van der Waals surface area (Å²) in [4.78, 5) is 18.9. The predicted molar refractivity (Wildman–Crippen MR) is 229 cm³/mol. The third-order valence-electron chi connectivity index (χ3n) is 8.63. The van der Waals surface area contributed by atoms with Crippen molar-refractivity contribution in [2.45, 2.75) is 37.5 Å². The Labute approximate surface area is 349 Å². The molecule has 0 radical (unpaired) electrons. The molecule has 59 heavy (non-hydrogen) atoms. The molecule has 0 saturated carbocycles. The van der Waals surface area contributed by atoms with Crippen LogP contribution in [0.1, 0.15) is 27.7 Å². The first-order valence-corrected chi connectivity index (χ1v) is 22.8. The number of aliphatic hydroxyl groups is 2. The van der Waals surface area contributed by atoms with Gasteiger partial charge in [-0.05, 0) is 87.0 Å². The lowest BCUT2D eigenvalue weighted by molar-refractivity contribution is 0.280. The molecule has 5 rings (SSSR count). The van der Waals surface area contributed by atoms with Crippen molar-refractivity contribution in [2.75, 3.05) is 77.8 Å². The van der Waals surface area contributed by atoms with E-state index in [1.165, 1.54) is 22.9 Å². The van der Waals surface area contributed by atoms with Gasteiger partial charge < -0.3 is 35.5 Å². The molecule has 0 bridgehead atoms. The van der Waals surface area contributed by atoms with Gasteiger partial charge in [0.25, 0.3) is 20.2 Å². The third kappa shape index (κ3) is 11.5. The minimum atomic E-state index is -4.56. The average Bonchev–Trinajstić information content (AvgIpc) is 3.89. The van der Waals surface area contributed by atoms with Gasteiger partial charge in [-0.15, -0.1) is 43.1 Å². The lowest BCUT2D eigenvalue weighted by Crippen LogP contribution is -2.31. The van der Waals surface area contributed by atoms with Crippen molar-refractivity contribution in [3.8, 4) is 0 Å². The summed E-state index contributed by atoms with van der Waals surface area (Å²) in [5.41, 5.74) is 2.89. The van der Waals surface area contributed by atoms with Crippen LogP contribution in [0.2, 0.25) is 0 Å². The summed E-state index contributed by atoms with van der Waals surface area (Å²) in [6, 6.07) is 13.1. The van der Waals surface area contributed by atoms with Gasteiger partial charge in [0.05, 0.1) is 24.6 Å². The Morgan fingerprint density at radius 3 is 1.36 bits per heavy atom. The van der Waals surface area contributed by atoms with Crippen LogP contribution < -0.4 is 25.3 Å². The zero-order valence-corrected chi connectivity index (χ0v) is 35.7. The summed E-state index contributed by atoms with van der Waals surface area (Å²) >= 11 is 1.96. The van der Waals surface area contributed by atoms with Gasteiger partial charge in [0.1, 0.15) is 21.2 Å². The van der Waals surface area contributed by atoms with Crippen LogP contribution in [0.5, 0.6) is 0 Å². The van der Waals surface area contributed by atoms with E-state index >= 15 is 0 Å². The van der Waals surface area contributed by atoms with Crippen molar-refractivity contribution < 1.29 is 36.2 Å². The van der Waals surface area contributed by atoms with Crippen LogP contribution >= 0.6 is 22.7 Å². The van der Waals surface area contributed by atoms with Gasteiger partial charge in [-0.1, -0.05) is 0 Å². The van der Waals surface area contributed by atoms with Crippen molar-refractivity contribution in [3.05, 3.63) is 59.3 Å². The molecule has 0 atom stereocenters. The highest BCUT2D eigenvalue weighted by molar-refractivity contribution is 7.86. The van der Waals surface area contributed by atoms with Gasteiger partial charge in [-0.2, -0.15) is 31.8 Å². The maximum absolute atomic E-state index is 11.9. The summed E-state index contributed by atoms with van der Waals surface area (Å²) in [5.74, 6) is 0.0773. The molecular formula is C35H44N12O8S4. The number of benzene rings is 2. The largest absolute Gasteiger partial charge is 0.395 e. The Morgan fingerprint density at radius 1 is 0.593 bits per heavy atom. The number of nitrogens with zero attached hydrogens (tertiary/aromatic N) is 10. The quantitative estimate of drug-likeness (QED) is 0.0312. The van der Waals surface area contributed by atoms with Gasteiger partial charge in [0.15, 0.2) is 10.0 Å². The molecule has 0 fully saturated rings. The molecule has 5 aromatic rings. The lowest BCUT2D eigenvalue weighted by Gasteiger charge is -2.24. The van der Waals surface area contributed by atoms with Crippen molar-refractivity contribution in [1.29, 1.82) is 0 Å². The van der Waals surface area contributed by atoms with E-state index in [1.807, 2.05) is 39.8 Å². The molecule has 2 aromatic carbocycles. The van der Waals surface area contributed by atoms with Gasteiger partial charge in [-0.25, -0.2) is 0 Å². The van der Waals surface area contributed by atoms with Gasteiger partial charge in [0.2, 0.25) is 17.8 Å². The number of nitrogens with one attached hydrogen (secondary N) is 2. The average molecular weight is 889 g/mol.